The summed E-state index contributed by atoms with van der Waals surface area (Å²) in [7, 11) is 1.72. The number of carbonyl (C=O) groups is 1. The second kappa shape index (κ2) is 4.62. The molecule has 0 radical (unpaired) electrons. The third-order valence-electron chi connectivity index (χ3n) is 1.89. The van der Waals surface area contributed by atoms with Crippen molar-refractivity contribution >= 4 is 6.41 Å². The van der Waals surface area contributed by atoms with Crippen LogP contribution in [0.1, 0.15) is 11.6 Å². The number of nitrogens with zero attached hydrogens (tertiary/aromatic N) is 1. The van der Waals surface area contributed by atoms with Crippen LogP contribution in [0.25, 0.3) is 0 Å². The van der Waals surface area contributed by atoms with Crippen LogP contribution < -0.4 is 5.73 Å². The Balaban J connectivity index is 2.58. The minimum absolute atomic E-state index is 0.101. The molecule has 3 nitrogen and oxygen atoms in total. The van der Waals surface area contributed by atoms with Crippen molar-refractivity contribution in [3.63, 3.8) is 0 Å². The molecule has 1 amide bonds. The van der Waals surface area contributed by atoms with Gasteiger partial charge >= 0.3 is 0 Å². The van der Waals surface area contributed by atoms with Gasteiger partial charge in [-0.05, 0) is 5.56 Å². The predicted molar refractivity (Wildman–Crippen MR) is 52.1 cm³/mol. The quantitative estimate of drug-likeness (QED) is 0.692. The molecule has 3 heteroatoms. The van der Waals surface area contributed by atoms with Gasteiger partial charge in [0.25, 0.3) is 0 Å². The van der Waals surface area contributed by atoms with E-state index in [0.717, 1.165) is 12.0 Å². The zero-order chi connectivity index (χ0) is 9.68. The van der Waals surface area contributed by atoms with Crippen molar-refractivity contribution in [1.29, 1.82) is 0 Å². The van der Waals surface area contributed by atoms with Crippen LogP contribution in [0.5, 0.6) is 0 Å². The van der Waals surface area contributed by atoms with E-state index >= 15 is 0 Å². The SMILES string of the molecule is CN(C=O)CC(N)c1ccccc1. The topological polar surface area (TPSA) is 46.3 Å². The number of rotatable bonds is 4. The summed E-state index contributed by atoms with van der Waals surface area (Å²) in [6.07, 6.45) is 0.781. The lowest BCUT2D eigenvalue weighted by atomic mass is 10.1. The summed E-state index contributed by atoms with van der Waals surface area (Å²) in [5, 5.41) is 0. The number of hydrogen-bond acceptors (Lipinski definition) is 2. The van der Waals surface area contributed by atoms with E-state index in [9.17, 15) is 4.79 Å². The van der Waals surface area contributed by atoms with Crippen molar-refractivity contribution in [1.82, 2.24) is 4.90 Å². The lowest BCUT2D eigenvalue weighted by molar-refractivity contribution is -0.117. The Hall–Kier alpha value is -1.35. The number of benzene rings is 1. The molecule has 0 heterocycles. The van der Waals surface area contributed by atoms with E-state index in [0.29, 0.717) is 6.54 Å². The van der Waals surface area contributed by atoms with Crippen LogP contribution in [0.15, 0.2) is 30.3 Å². The van der Waals surface area contributed by atoms with Crippen LogP contribution in [0.3, 0.4) is 0 Å². The fourth-order valence-corrected chi connectivity index (χ4v) is 1.16. The van der Waals surface area contributed by atoms with Crippen molar-refractivity contribution < 1.29 is 4.79 Å². The van der Waals surface area contributed by atoms with E-state index in [1.54, 1.807) is 7.05 Å². The van der Waals surface area contributed by atoms with Crippen LogP contribution in [-0.4, -0.2) is 24.9 Å². The van der Waals surface area contributed by atoms with E-state index < -0.39 is 0 Å². The smallest absolute Gasteiger partial charge is 0.209 e. The summed E-state index contributed by atoms with van der Waals surface area (Å²) in [6, 6.07) is 9.65. The second-order valence-electron chi connectivity index (χ2n) is 3.06. The van der Waals surface area contributed by atoms with Gasteiger partial charge in [-0.1, -0.05) is 30.3 Å². The molecule has 0 saturated carbocycles. The van der Waals surface area contributed by atoms with Crippen LogP contribution in [0, 0.1) is 0 Å². The molecule has 0 bridgehead atoms. The molecule has 13 heavy (non-hydrogen) atoms. The average molecular weight is 178 g/mol. The molecule has 1 unspecified atom stereocenters. The largest absolute Gasteiger partial charge is 0.346 e. The normalized spacial score (nSPS) is 12.2. The highest BCUT2D eigenvalue weighted by atomic mass is 16.1. The van der Waals surface area contributed by atoms with Crippen LogP contribution in [0.2, 0.25) is 0 Å². The van der Waals surface area contributed by atoms with E-state index in [1.165, 1.54) is 4.90 Å². The monoisotopic (exact) mass is 178 g/mol. The maximum atomic E-state index is 10.3. The summed E-state index contributed by atoms with van der Waals surface area (Å²) in [6.45, 7) is 0.549. The van der Waals surface area contributed by atoms with Gasteiger partial charge in [0.2, 0.25) is 6.41 Å². The van der Waals surface area contributed by atoms with Gasteiger partial charge in [-0.3, -0.25) is 4.79 Å². The van der Waals surface area contributed by atoms with Gasteiger partial charge in [0.15, 0.2) is 0 Å². The first-order valence-corrected chi connectivity index (χ1v) is 4.20. The van der Waals surface area contributed by atoms with Gasteiger partial charge in [0.05, 0.1) is 0 Å². The van der Waals surface area contributed by atoms with Crippen molar-refractivity contribution in [3.05, 3.63) is 35.9 Å². The third-order valence-corrected chi connectivity index (χ3v) is 1.89. The van der Waals surface area contributed by atoms with Crippen LogP contribution in [-0.2, 0) is 4.79 Å². The molecule has 0 aromatic heterocycles. The van der Waals surface area contributed by atoms with Gasteiger partial charge < -0.3 is 10.6 Å². The van der Waals surface area contributed by atoms with Crippen molar-refractivity contribution in [2.45, 2.75) is 6.04 Å². The lowest BCUT2D eigenvalue weighted by Crippen LogP contribution is -2.27. The Kier molecular flexibility index (Phi) is 3.46. The molecule has 0 saturated heterocycles. The Bertz CT molecular complexity index is 261. The fraction of sp³-hybridized carbons (Fsp3) is 0.300. The maximum absolute atomic E-state index is 10.3. The Morgan fingerprint density at radius 3 is 2.62 bits per heavy atom. The predicted octanol–water partition coefficient (Wildman–Crippen LogP) is 0.775. The lowest BCUT2D eigenvalue weighted by Gasteiger charge is -2.17. The molecule has 1 rings (SSSR count). The molecule has 1 aromatic carbocycles. The highest BCUT2D eigenvalue weighted by Crippen LogP contribution is 2.09. The number of nitrogens with two attached hydrogens (primary N) is 1. The molecular weight excluding hydrogens is 164 g/mol. The van der Waals surface area contributed by atoms with Crippen molar-refractivity contribution in [2.24, 2.45) is 5.73 Å². The van der Waals surface area contributed by atoms with E-state index in [2.05, 4.69) is 0 Å². The standard InChI is InChI=1S/C10H14N2O/c1-12(8-13)7-10(11)9-5-3-2-4-6-9/h2-6,8,10H,7,11H2,1H3. The second-order valence-corrected chi connectivity index (χ2v) is 3.06. The molecule has 1 atom stereocenters. The fourth-order valence-electron chi connectivity index (χ4n) is 1.16. The van der Waals surface area contributed by atoms with Crippen LogP contribution in [0.4, 0.5) is 0 Å². The first-order valence-electron chi connectivity index (χ1n) is 4.20. The molecule has 1 aromatic rings. The van der Waals surface area contributed by atoms with E-state index in [1.807, 2.05) is 30.3 Å². The Morgan fingerprint density at radius 1 is 1.46 bits per heavy atom. The Labute approximate surface area is 78.2 Å². The number of carbonyl (C=O) groups excluding carboxylic acids is 1. The first kappa shape index (κ1) is 9.74. The first-order chi connectivity index (χ1) is 6.24. The molecule has 0 aliphatic heterocycles. The molecule has 0 aliphatic rings. The van der Waals surface area contributed by atoms with E-state index in [4.69, 9.17) is 5.73 Å². The molecular formula is C10H14N2O. The molecule has 0 spiro atoms. The minimum Gasteiger partial charge on any atom is -0.346 e. The van der Waals surface area contributed by atoms with Gasteiger partial charge in [-0.15, -0.1) is 0 Å². The minimum atomic E-state index is -0.101. The highest BCUT2D eigenvalue weighted by molar-refractivity contribution is 5.46. The van der Waals surface area contributed by atoms with Gasteiger partial charge in [0.1, 0.15) is 0 Å². The summed E-state index contributed by atoms with van der Waals surface area (Å²) in [4.78, 5) is 11.9. The van der Waals surface area contributed by atoms with Crippen molar-refractivity contribution in [2.75, 3.05) is 13.6 Å². The van der Waals surface area contributed by atoms with Gasteiger partial charge in [-0.25, -0.2) is 0 Å². The summed E-state index contributed by atoms with van der Waals surface area (Å²) in [5.74, 6) is 0. The number of amides is 1. The zero-order valence-electron chi connectivity index (χ0n) is 7.68. The highest BCUT2D eigenvalue weighted by Gasteiger charge is 2.06. The third kappa shape index (κ3) is 2.87. The maximum Gasteiger partial charge on any atom is 0.209 e. The molecule has 0 aliphatic carbocycles. The summed E-state index contributed by atoms with van der Waals surface area (Å²) < 4.78 is 0. The number of hydrogen-bond donors (Lipinski definition) is 1. The average Bonchev–Trinajstić information content (AvgIpc) is 2.19. The zero-order valence-corrected chi connectivity index (χ0v) is 7.68. The molecule has 70 valence electrons. The number of likely N-dealkylation sites (N-methyl/N-ethyl adjacent to an activating group) is 1. The van der Waals surface area contributed by atoms with Crippen LogP contribution >= 0.6 is 0 Å². The van der Waals surface area contributed by atoms with Gasteiger partial charge in [-0.2, -0.15) is 0 Å². The van der Waals surface area contributed by atoms with E-state index in [-0.39, 0.29) is 6.04 Å². The Morgan fingerprint density at radius 2 is 2.08 bits per heavy atom. The van der Waals surface area contributed by atoms with Gasteiger partial charge in [0, 0.05) is 19.6 Å². The molecule has 0 fully saturated rings. The van der Waals surface area contributed by atoms with Crippen molar-refractivity contribution in [3.8, 4) is 0 Å². The molecule has 2 N–H and O–H groups in total. The summed E-state index contributed by atoms with van der Waals surface area (Å²) >= 11 is 0. The summed E-state index contributed by atoms with van der Waals surface area (Å²) in [5.41, 5.74) is 6.92.